The number of aliphatic carboxylic acids is 1. The lowest BCUT2D eigenvalue weighted by atomic mass is 9.98. The molecule has 2 aromatic rings. The molecule has 1 fully saturated rings. The van der Waals surface area contributed by atoms with Gasteiger partial charge in [-0.3, -0.25) is 19.3 Å². The lowest BCUT2D eigenvalue weighted by Crippen LogP contribution is -2.80. The van der Waals surface area contributed by atoms with Gasteiger partial charge in [-0.1, -0.05) is 42.1 Å². The minimum absolute atomic E-state index is 0.0894. The molecule has 11 heteroatoms. The highest BCUT2D eigenvalue weighted by Crippen LogP contribution is 2.47. The smallest absolute Gasteiger partial charge is 0.352 e. The van der Waals surface area contributed by atoms with E-state index < -0.39 is 28.9 Å². The normalized spacial score (nSPS) is 21.9. The van der Waals surface area contributed by atoms with E-state index in [4.69, 9.17) is 9.15 Å². The fourth-order valence-corrected chi connectivity index (χ4v) is 6.10. The average Bonchev–Trinajstić information content (AvgIpc) is 3.33. The second-order valence-corrected chi connectivity index (χ2v) is 9.30. The van der Waals surface area contributed by atoms with Crippen LogP contribution in [-0.4, -0.2) is 62.6 Å². The highest BCUT2D eigenvalue weighted by Gasteiger charge is 2.66. The topological polar surface area (TPSA) is 126 Å². The largest absolute Gasteiger partial charge is 0.477 e. The van der Waals surface area contributed by atoms with Crippen molar-refractivity contribution in [2.24, 2.45) is 0 Å². The van der Waals surface area contributed by atoms with Crippen LogP contribution in [0.2, 0.25) is 0 Å². The van der Waals surface area contributed by atoms with Gasteiger partial charge in [0.15, 0.2) is 0 Å². The van der Waals surface area contributed by atoms with Crippen LogP contribution in [-0.2, 0) is 25.5 Å². The zero-order chi connectivity index (χ0) is 23.6. The molecule has 1 saturated heterocycles. The molecule has 2 aliphatic heterocycles. The molecule has 1 unspecified atom stereocenters. The number of amides is 2. The number of nitrogens with zero attached hydrogens (tertiary/aromatic N) is 1. The molecule has 0 saturated carbocycles. The minimum Gasteiger partial charge on any atom is -0.477 e. The number of thioether (sulfide) groups is 2. The van der Waals surface area contributed by atoms with Gasteiger partial charge in [-0.2, -0.15) is 0 Å². The number of hydrogen-bond acceptors (Lipinski definition) is 8. The summed E-state index contributed by atoms with van der Waals surface area (Å²) in [7, 11) is 1.29. The van der Waals surface area contributed by atoms with E-state index in [1.54, 1.807) is 42.5 Å². The number of carbonyl (C=O) groups excluding carboxylic acids is 3. The van der Waals surface area contributed by atoms with Crippen LogP contribution in [0.1, 0.15) is 16.1 Å². The third-order valence-corrected chi connectivity index (χ3v) is 7.63. The lowest BCUT2D eigenvalue weighted by molar-refractivity contribution is -0.192. The molecule has 2 N–H and O–H groups in total. The average molecular weight is 489 g/mol. The predicted octanol–water partition coefficient (Wildman–Crippen LogP) is 2.11. The molecule has 0 aliphatic carbocycles. The van der Waals surface area contributed by atoms with Gasteiger partial charge in [-0.25, -0.2) is 4.79 Å². The highest BCUT2D eigenvalue weighted by molar-refractivity contribution is 8.14. The van der Waals surface area contributed by atoms with E-state index in [0.717, 1.165) is 16.7 Å². The van der Waals surface area contributed by atoms with Crippen molar-refractivity contribution in [2.75, 3.05) is 18.6 Å². The van der Waals surface area contributed by atoms with Crippen LogP contribution in [0.4, 0.5) is 0 Å². The third-order valence-electron chi connectivity index (χ3n) is 5.26. The number of carboxylic acid groups (broad SMARTS) is 1. The Labute approximate surface area is 197 Å². The van der Waals surface area contributed by atoms with Crippen LogP contribution in [0, 0.1) is 0 Å². The molecule has 4 rings (SSSR count). The number of furan rings is 1. The van der Waals surface area contributed by atoms with Crippen LogP contribution in [0.5, 0.6) is 0 Å². The Balaban J connectivity index is 1.50. The van der Waals surface area contributed by atoms with Gasteiger partial charge in [0.2, 0.25) is 11.0 Å². The summed E-state index contributed by atoms with van der Waals surface area (Å²) in [5.74, 6) is -1.62. The molecule has 0 spiro atoms. The number of carbonyl (C=O) groups is 4. The number of nitrogens with one attached hydrogen (secondary N) is 1. The van der Waals surface area contributed by atoms with Crippen molar-refractivity contribution in [3.8, 4) is 0 Å². The van der Waals surface area contributed by atoms with E-state index in [0.29, 0.717) is 16.9 Å². The SMILES string of the molecule is COC1(NC(=O)Cc2ccco2)C(=O)N2C(C(=O)O)=C(CSC(=O)c3ccccc3)CS[C@H]21. The fourth-order valence-electron chi connectivity index (χ4n) is 3.69. The zero-order valence-corrected chi connectivity index (χ0v) is 19.1. The molecule has 33 heavy (non-hydrogen) atoms. The zero-order valence-electron chi connectivity index (χ0n) is 17.5. The second kappa shape index (κ2) is 9.46. The second-order valence-electron chi connectivity index (χ2n) is 7.28. The summed E-state index contributed by atoms with van der Waals surface area (Å²) in [5.41, 5.74) is -0.879. The number of methoxy groups -OCH3 is 1. The summed E-state index contributed by atoms with van der Waals surface area (Å²) in [6.07, 6.45) is 1.35. The van der Waals surface area contributed by atoms with Crippen LogP contribution < -0.4 is 5.32 Å². The van der Waals surface area contributed by atoms with Crippen molar-refractivity contribution in [1.82, 2.24) is 10.2 Å². The van der Waals surface area contributed by atoms with Crippen LogP contribution in [0.15, 0.2) is 64.4 Å². The van der Waals surface area contributed by atoms with Gasteiger partial charge in [0.25, 0.3) is 11.6 Å². The summed E-state index contributed by atoms with van der Waals surface area (Å²) in [6.45, 7) is 0. The number of ether oxygens (including phenoxy) is 1. The molecule has 2 atom stereocenters. The van der Waals surface area contributed by atoms with E-state index in [-0.39, 0.29) is 28.7 Å². The van der Waals surface area contributed by atoms with Crippen LogP contribution >= 0.6 is 23.5 Å². The van der Waals surface area contributed by atoms with E-state index in [2.05, 4.69) is 5.32 Å². The standard InChI is InChI=1S/C22H20N2O7S2/c1-30-22(23-16(25)10-15-8-5-9-31-15)20(29)24-17(18(26)27)14(12-33-21(22)24)11-32-19(28)13-6-3-2-4-7-13/h2-9,21H,10-12H2,1H3,(H,23,25)(H,26,27)/t21-,22?/m0/s1. The van der Waals surface area contributed by atoms with Crippen molar-refractivity contribution >= 4 is 46.4 Å². The molecule has 1 aromatic carbocycles. The number of benzene rings is 1. The Hall–Kier alpha value is -3.02. The Bertz CT molecular complexity index is 1120. The van der Waals surface area contributed by atoms with Crippen molar-refractivity contribution in [2.45, 2.75) is 17.5 Å². The summed E-state index contributed by atoms with van der Waals surface area (Å²) in [5, 5.41) is 11.5. The van der Waals surface area contributed by atoms with Gasteiger partial charge in [0, 0.05) is 24.2 Å². The maximum Gasteiger partial charge on any atom is 0.352 e. The molecule has 1 aromatic heterocycles. The fraction of sp³-hybridized carbons (Fsp3) is 0.273. The summed E-state index contributed by atoms with van der Waals surface area (Å²) < 4.78 is 10.6. The van der Waals surface area contributed by atoms with Crippen molar-refractivity contribution in [1.29, 1.82) is 0 Å². The van der Waals surface area contributed by atoms with Gasteiger partial charge in [-0.15, -0.1) is 11.8 Å². The molecular weight excluding hydrogens is 468 g/mol. The van der Waals surface area contributed by atoms with E-state index >= 15 is 0 Å². The summed E-state index contributed by atoms with van der Waals surface area (Å²) in [6, 6.07) is 12.0. The van der Waals surface area contributed by atoms with Gasteiger partial charge in [-0.05, 0) is 17.7 Å². The number of carboxylic acids is 1. The predicted molar refractivity (Wildman–Crippen MR) is 121 cm³/mol. The van der Waals surface area contributed by atoms with E-state index in [9.17, 15) is 24.3 Å². The molecule has 2 amide bonds. The number of hydrogen-bond donors (Lipinski definition) is 2. The number of fused-ring (bicyclic) bond motifs is 1. The third kappa shape index (κ3) is 4.31. The Morgan fingerprint density at radius 2 is 2.03 bits per heavy atom. The summed E-state index contributed by atoms with van der Waals surface area (Å²) >= 11 is 2.25. The molecule has 0 bridgehead atoms. The van der Waals surface area contributed by atoms with Crippen molar-refractivity contribution in [3.05, 3.63) is 71.3 Å². The first-order valence-corrected chi connectivity index (χ1v) is 11.9. The number of rotatable bonds is 8. The maximum atomic E-state index is 13.1. The van der Waals surface area contributed by atoms with Crippen molar-refractivity contribution < 1.29 is 33.4 Å². The molecule has 3 heterocycles. The van der Waals surface area contributed by atoms with Gasteiger partial charge in [0.1, 0.15) is 16.8 Å². The summed E-state index contributed by atoms with van der Waals surface area (Å²) in [4.78, 5) is 51.2. The van der Waals surface area contributed by atoms with Crippen LogP contribution in [0.3, 0.4) is 0 Å². The maximum absolute atomic E-state index is 13.1. The first kappa shape index (κ1) is 23.1. The van der Waals surface area contributed by atoms with Gasteiger partial charge >= 0.3 is 5.97 Å². The number of β-lactam (4-membered cyclic amide) rings is 1. The first-order valence-electron chi connectivity index (χ1n) is 9.88. The van der Waals surface area contributed by atoms with Gasteiger partial charge in [0.05, 0.1) is 12.7 Å². The quantitative estimate of drug-likeness (QED) is 0.424. The highest BCUT2D eigenvalue weighted by atomic mass is 32.2. The Morgan fingerprint density at radius 1 is 1.27 bits per heavy atom. The monoisotopic (exact) mass is 488 g/mol. The minimum atomic E-state index is -1.67. The lowest BCUT2D eigenvalue weighted by Gasteiger charge is -2.55. The first-order chi connectivity index (χ1) is 15.9. The van der Waals surface area contributed by atoms with Gasteiger partial charge < -0.3 is 19.6 Å². The van der Waals surface area contributed by atoms with Crippen LogP contribution in [0.25, 0.3) is 0 Å². The molecule has 9 nitrogen and oxygen atoms in total. The Kier molecular flexibility index (Phi) is 6.63. The van der Waals surface area contributed by atoms with E-state index in [1.165, 1.54) is 25.1 Å². The van der Waals surface area contributed by atoms with E-state index in [1.807, 2.05) is 0 Å². The molecule has 0 radical (unpaired) electrons. The molecular formula is C22H20N2O7S2. The molecule has 172 valence electrons. The van der Waals surface area contributed by atoms with Crippen molar-refractivity contribution in [3.63, 3.8) is 0 Å². The Morgan fingerprint density at radius 3 is 2.67 bits per heavy atom. The molecule has 2 aliphatic rings.